The van der Waals surface area contributed by atoms with Gasteiger partial charge in [-0.3, -0.25) is 4.90 Å². The van der Waals surface area contributed by atoms with Crippen LogP contribution in [0.1, 0.15) is 6.42 Å². The van der Waals surface area contributed by atoms with Gasteiger partial charge in [-0.25, -0.2) is 0 Å². The van der Waals surface area contributed by atoms with Crippen molar-refractivity contribution in [2.45, 2.75) is 6.42 Å². The van der Waals surface area contributed by atoms with E-state index in [2.05, 4.69) is 10.1 Å². The summed E-state index contributed by atoms with van der Waals surface area (Å²) in [7, 11) is 1.62. The summed E-state index contributed by atoms with van der Waals surface area (Å²) in [4.78, 5) is 7.16. The van der Waals surface area contributed by atoms with Gasteiger partial charge in [-0.2, -0.15) is 0 Å². The second kappa shape index (κ2) is 2.23. The fourth-order valence-electron chi connectivity index (χ4n) is 1.83. The van der Waals surface area contributed by atoms with E-state index < -0.39 is 0 Å². The molecule has 0 amide bonds. The summed E-state index contributed by atoms with van der Waals surface area (Å²) in [5.74, 6) is 0.708. The molecular formula is C7H12N2O. The maximum absolute atomic E-state index is 4.74. The summed E-state index contributed by atoms with van der Waals surface area (Å²) in [6.07, 6.45) is 1.28. The Labute approximate surface area is 60.6 Å². The summed E-state index contributed by atoms with van der Waals surface area (Å²) in [6.45, 7) is 3.51. The second-order valence-electron chi connectivity index (χ2n) is 2.99. The van der Waals surface area contributed by atoms with Crippen molar-refractivity contribution in [3.05, 3.63) is 0 Å². The van der Waals surface area contributed by atoms with Gasteiger partial charge in [0.25, 0.3) is 0 Å². The van der Waals surface area contributed by atoms with Crippen molar-refractivity contribution in [2.24, 2.45) is 11.1 Å². The van der Waals surface area contributed by atoms with Crippen LogP contribution in [0.5, 0.6) is 0 Å². The molecular weight excluding hydrogens is 128 g/mol. The molecule has 2 rings (SSSR count). The van der Waals surface area contributed by atoms with Gasteiger partial charge in [-0.05, 0) is 13.0 Å². The molecule has 0 N–H and O–H groups in total. The monoisotopic (exact) mass is 140 g/mol. The van der Waals surface area contributed by atoms with E-state index in [4.69, 9.17) is 4.84 Å². The standard InChI is InChI=1S/C7H12N2O/c1-10-8-7-5-9-3-2-6(7)4-9/h6H,2-5H2,1H3/b8-7-. The van der Waals surface area contributed by atoms with Crippen molar-refractivity contribution >= 4 is 5.71 Å². The number of fused-ring (bicyclic) bond motifs is 2. The first-order chi connectivity index (χ1) is 4.90. The lowest BCUT2D eigenvalue weighted by atomic mass is 10.0. The van der Waals surface area contributed by atoms with Crippen LogP contribution in [-0.2, 0) is 4.84 Å². The largest absolute Gasteiger partial charge is 0.399 e. The Balaban J connectivity index is 2.08. The Hall–Kier alpha value is -0.570. The van der Waals surface area contributed by atoms with E-state index >= 15 is 0 Å². The second-order valence-corrected chi connectivity index (χ2v) is 2.99. The molecule has 2 saturated heterocycles. The van der Waals surface area contributed by atoms with E-state index in [1.165, 1.54) is 25.2 Å². The highest BCUT2D eigenvalue weighted by Gasteiger charge is 2.35. The maximum Gasteiger partial charge on any atom is 0.106 e. The zero-order chi connectivity index (χ0) is 6.97. The van der Waals surface area contributed by atoms with Crippen LogP contribution in [-0.4, -0.2) is 37.4 Å². The Morgan fingerprint density at radius 1 is 1.70 bits per heavy atom. The molecule has 3 nitrogen and oxygen atoms in total. The van der Waals surface area contributed by atoms with E-state index in [0.29, 0.717) is 5.92 Å². The Bertz CT molecular complexity index is 167. The lowest BCUT2D eigenvalue weighted by Gasteiger charge is -2.11. The van der Waals surface area contributed by atoms with Gasteiger partial charge in [0, 0.05) is 19.0 Å². The Kier molecular flexibility index (Phi) is 1.38. The predicted octanol–water partition coefficient (Wildman–Crippen LogP) is 0.324. The van der Waals surface area contributed by atoms with Crippen LogP contribution in [0.25, 0.3) is 0 Å². The van der Waals surface area contributed by atoms with Crippen molar-refractivity contribution in [1.29, 1.82) is 0 Å². The van der Waals surface area contributed by atoms with Crippen molar-refractivity contribution in [3.63, 3.8) is 0 Å². The quantitative estimate of drug-likeness (QED) is 0.490. The first kappa shape index (κ1) is 6.16. The van der Waals surface area contributed by atoms with Crippen LogP contribution in [0.4, 0.5) is 0 Å². The third kappa shape index (κ3) is 0.814. The van der Waals surface area contributed by atoms with Gasteiger partial charge in [-0.15, -0.1) is 0 Å². The van der Waals surface area contributed by atoms with Crippen molar-refractivity contribution < 1.29 is 4.84 Å². The molecule has 0 spiro atoms. The predicted molar refractivity (Wildman–Crippen MR) is 39.0 cm³/mol. The minimum Gasteiger partial charge on any atom is -0.399 e. The SMILES string of the molecule is CO/N=C1/CN2CCC1C2. The molecule has 2 heterocycles. The molecule has 0 aromatic rings. The van der Waals surface area contributed by atoms with Crippen LogP contribution in [0, 0.1) is 5.92 Å². The molecule has 2 unspecified atom stereocenters. The number of oxime groups is 1. The molecule has 0 aromatic carbocycles. The average Bonchev–Trinajstić information content (AvgIpc) is 2.48. The number of hydrogen-bond acceptors (Lipinski definition) is 3. The lowest BCUT2D eigenvalue weighted by molar-refractivity contribution is 0.210. The molecule has 0 aromatic heterocycles. The van der Waals surface area contributed by atoms with Crippen LogP contribution >= 0.6 is 0 Å². The molecule has 2 bridgehead atoms. The molecule has 0 radical (unpaired) electrons. The van der Waals surface area contributed by atoms with Crippen LogP contribution in [0.3, 0.4) is 0 Å². The van der Waals surface area contributed by atoms with Gasteiger partial charge in [0.1, 0.15) is 7.11 Å². The zero-order valence-electron chi connectivity index (χ0n) is 6.21. The third-order valence-corrected chi connectivity index (χ3v) is 2.34. The van der Waals surface area contributed by atoms with Crippen molar-refractivity contribution in [3.8, 4) is 0 Å². The molecule has 10 heavy (non-hydrogen) atoms. The highest BCUT2D eigenvalue weighted by Crippen LogP contribution is 2.25. The highest BCUT2D eigenvalue weighted by molar-refractivity contribution is 5.91. The number of nitrogens with zero attached hydrogens (tertiary/aromatic N) is 2. The summed E-state index contributed by atoms with van der Waals surface area (Å²) < 4.78 is 0. The van der Waals surface area contributed by atoms with Gasteiger partial charge in [0.15, 0.2) is 0 Å². The van der Waals surface area contributed by atoms with E-state index in [-0.39, 0.29) is 0 Å². The smallest absolute Gasteiger partial charge is 0.106 e. The van der Waals surface area contributed by atoms with E-state index in [1.54, 1.807) is 7.11 Å². The highest BCUT2D eigenvalue weighted by atomic mass is 16.6. The number of hydrogen-bond donors (Lipinski definition) is 0. The zero-order valence-corrected chi connectivity index (χ0v) is 6.21. The van der Waals surface area contributed by atoms with Crippen LogP contribution in [0.2, 0.25) is 0 Å². The van der Waals surface area contributed by atoms with Crippen LogP contribution in [0.15, 0.2) is 5.16 Å². The van der Waals surface area contributed by atoms with E-state index in [9.17, 15) is 0 Å². The minimum atomic E-state index is 0.708. The molecule has 2 atom stereocenters. The number of rotatable bonds is 1. The average molecular weight is 140 g/mol. The summed E-state index contributed by atoms with van der Waals surface area (Å²) in [6, 6.07) is 0. The number of piperidine rings is 1. The van der Waals surface area contributed by atoms with E-state index in [1.807, 2.05) is 0 Å². The molecule has 2 aliphatic rings. The lowest BCUT2D eigenvalue weighted by Crippen LogP contribution is -2.23. The summed E-state index contributed by atoms with van der Waals surface area (Å²) >= 11 is 0. The van der Waals surface area contributed by atoms with Gasteiger partial charge in [-0.1, -0.05) is 5.16 Å². The maximum atomic E-state index is 4.74. The normalized spacial score (nSPS) is 41.1. The molecule has 56 valence electrons. The van der Waals surface area contributed by atoms with Gasteiger partial charge in [0.2, 0.25) is 0 Å². The fourth-order valence-corrected chi connectivity index (χ4v) is 1.83. The van der Waals surface area contributed by atoms with Crippen molar-refractivity contribution in [1.82, 2.24) is 4.90 Å². The fraction of sp³-hybridized carbons (Fsp3) is 0.857. The van der Waals surface area contributed by atoms with Gasteiger partial charge < -0.3 is 4.84 Å². The molecule has 0 saturated carbocycles. The van der Waals surface area contributed by atoms with Gasteiger partial charge in [0.05, 0.1) is 5.71 Å². The molecule has 0 aliphatic carbocycles. The third-order valence-electron chi connectivity index (χ3n) is 2.34. The summed E-state index contributed by atoms with van der Waals surface area (Å²) in [5, 5.41) is 3.98. The molecule has 2 aliphatic heterocycles. The molecule has 2 fully saturated rings. The topological polar surface area (TPSA) is 24.8 Å². The van der Waals surface area contributed by atoms with Crippen molar-refractivity contribution in [2.75, 3.05) is 26.7 Å². The Morgan fingerprint density at radius 2 is 2.60 bits per heavy atom. The molecule has 3 heteroatoms. The Morgan fingerprint density at radius 3 is 3.10 bits per heavy atom. The first-order valence-electron chi connectivity index (χ1n) is 3.72. The minimum absolute atomic E-state index is 0.708. The van der Waals surface area contributed by atoms with E-state index in [0.717, 1.165) is 6.54 Å². The van der Waals surface area contributed by atoms with Crippen LogP contribution < -0.4 is 0 Å². The summed E-state index contributed by atoms with van der Waals surface area (Å²) in [5.41, 5.74) is 1.24. The van der Waals surface area contributed by atoms with Gasteiger partial charge >= 0.3 is 0 Å². The first-order valence-corrected chi connectivity index (χ1v) is 3.72.